The van der Waals surface area contributed by atoms with Crippen molar-refractivity contribution in [2.45, 2.75) is 26.2 Å². The molecule has 0 heterocycles. The molecule has 1 radical (unpaired) electrons. The Morgan fingerprint density at radius 1 is 1.38 bits per heavy atom. The highest BCUT2D eigenvalue weighted by Crippen LogP contribution is 2.15. The van der Waals surface area contributed by atoms with Gasteiger partial charge in [-0.05, 0) is 12.5 Å². The minimum atomic E-state index is 0.899. The molecule has 1 nitrogen and oxygen atoms in total. The lowest BCUT2D eigenvalue weighted by atomic mass is 10.2. The Kier molecular flexibility index (Phi) is 4.69. The number of nitrogens with zero attached hydrogens (tertiary/aromatic N) is 1. The third-order valence-electron chi connectivity index (χ3n) is 1.91. The van der Waals surface area contributed by atoms with Crippen LogP contribution in [0.25, 0.3) is 0 Å². The van der Waals surface area contributed by atoms with Crippen molar-refractivity contribution in [3.8, 4) is 0 Å². The molecule has 0 aliphatic rings. The maximum Gasteiger partial charge on any atom is 0.0602 e. The van der Waals surface area contributed by atoms with E-state index in [1.165, 1.54) is 12.8 Å². The van der Waals surface area contributed by atoms with E-state index in [0.29, 0.717) is 0 Å². The number of anilines is 1. The first-order chi connectivity index (χ1) is 6.34. The van der Waals surface area contributed by atoms with E-state index >= 15 is 0 Å². The van der Waals surface area contributed by atoms with Crippen molar-refractivity contribution in [3.05, 3.63) is 30.3 Å². The highest BCUT2D eigenvalue weighted by Gasteiger charge is 2.00. The van der Waals surface area contributed by atoms with Crippen molar-refractivity contribution in [1.29, 1.82) is 0 Å². The van der Waals surface area contributed by atoms with Crippen molar-refractivity contribution in [2.75, 3.05) is 11.0 Å². The SMILES string of the molecule is CCCCCN(Cl)c1[c]cccc1. The molecule has 1 aromatic rings. The fourth-order valence-corrected chi connectivity index (χ4v) is 1.38. The van der Waals surface area contributed by atoms with Crippen molar-refractivity contribution in [2.24, 2.45) is 0 Å². The fourth-order valence-electron chi connectivity index (χ4n) is 1.16. The van der Waals surface area contributed by atoms with Crippen molar-refractivity contribution >= 4 is 17.5 Å². The number of benzene rings is 1. The minimum absolute atomic E-state index is 0.899. The third-order valence-corrected chi connectivity index (χ3v) is 2.26. The number of halogens is 1. The maximum atomic E-state index is 6.04. The van der Waals surface area contributed by atoms with Crippen LogP contribution in [0.4, 0.5) is 5.69 Å². The molecule has 0 aliphatic carbocycles. The van der Waals surface area contributed by atoms with E-state index in [-0.39, 0.29) is 0 Å². The normalized spacial score (nSPS) is 10.0. The van der Waals surface area contributed by atoms with E-state index in [0.717, 1.165) is 18.7 Å². The van der Waals surface area contributed by atoms with Crippen LogP contribution in [-0.4, -0.2) is 6.54 Å². The molecule has 2 heteroatoms. The largest absolute Gasteiger partial charge is 0.285 e. The Bertz CT molecular complexity index is 223. The molecule has 0 saturated carbocycles. The summed E-state index contributed by atoms with van der Waals surface area (Å²) in [6.07, 6.45) is 3.60. The van der Waals surface area contributed by atoms with Crippen LogP contribution in [0.3, 0.4) is 0 Å². The Hall–Kier alpha value is -0.690. The molecule has 1 aromatic carbocycles. The molecule has 71 valence electrons. The highest BCUT2D eigenvalue weighted by atomic mass is 35.5. The summed E-state index contributed by atoms with van der Waals surface area (Å²) in [5.41, 5.74) is 0.959. The van der Waals surface area contributed by atoms with E-state index < -0.39 is 0 Å². The smallest absolute Gasteiger partial charge is 0.0602 e. The molecule has 0 bridgehead atoms. The summed E-state index contributed by atoms with van der Waals surface area (Å²) in [7, 11) is 0. The summed E-state index contributed by atoms with van der Waals surface area (Å²) in [5, 5.41) is 0. The first-order valence-corrected chi connectivity index (χ1v) is 5.08. The lowest BCUT2D eigenvalue weighted by molar-refractivity contribution is 0.727. The van der Waals surface area contributed by atoms with Gasteiger partial charge in [0.2, 0.25) is 0 Å². The van der Waals surface area contributed by atoms with Gasteiger partial charge in [0.05, 0.1) is 5.69 Å². The van der Waals surface area contributed by atoms with Crippen LogP contribution in [0, 0.1) is 6.07 Å². The van der Waals surface area contributed by atoms with E-state index in [1.807, 2.05) is 24.3 Å². The van der Waals surface area contributed by atoms with Crippen LogP contribution in [0.15, 0.2) is 24.3 Å². The summed E-state index contributed by atoms with van der Waals surface area (Å²) in [4.78, 5) is 0. The lowest BCUT2D eigenvalue weighted by Gasteiger charge is -2.14. The van der Waals surface area contributed by atoms with Crippen LogP contribution in [0.5, 0.6) is 0 Å². The van der Waals surface area contributed by atoms with Gasteiger partial charge in [0, 0.05) is 24.4 Å². The predicted octanol–water partition coefficient (Wildman–Crippen LogP) is 3.64. The molecule has 0 unspecified atom stereocenters. The topological polar surface area (TPSA) is 3.24 Å². The molecule has 0 saturated heterocycles. The quantitative estimate of drug-likeness (QED) is 0.514. The molecule has 0 N–H and O–H groups in total. The molecule has 0 amide bonds. The lowest BCUT2D eigenvalue weighted by Crippen LogP contribution is -2.11. The van der Waals surface area contributed by atoms with Gasteiger partial charge in [0.15, 0.2) is 0 Å². The van der Waals surface area contributed by atoms with Gasteiger partial charge in [0.1, 0.15) is 0 Å². The summed E-state index contributed by atoms with van der Waals surface area (Å²) in [6, 6.07) is 10.9. The van der Waals surface area contributed by atoms with Crippen molar-refractivity contribution < 1.29 is 0 Å². The molecule has 0 fully saturated rings. The summed E-state index contributed by atoms with van der Waals surface area (Å²) in [6.45, 7) is 3.09. The zero-order valence-corrected chi connectivity index (χ0v) is 8.72. The molecule has 13 heavy (non-hydrogen) atoms. The van der Waals surface area contributed by atoms with Gasteiger partial charge < -0.3 is 0 Å². The number of unbranched alkanes of at least 4 members (excludes halogenated alkanes) is 2. The van der Waals surface area contributed by atoms with E-state index in [1.54, 1.807) is 4.42 Å². The zero-order chi connectivity index (χ0) is 9.52. The van der Waals surface area contributed by atoms with Crippen LogP contribution in [0.1, 0.15) is 26.2 Å². The second-order valence-corrected chi connectivity index (χ2v) is 3.45. The van der Waals surface area contributed by atoms with Crippen LogP contribution in [-0.2, 0) is 0 Å². The Labute approximate surface area is 85.4 Å². The number of para-hydroxylation sites is 1. The van der Waals surface area contributed by atoms with Gasteiger partial charge in [-0.25, -0.2) is 0 Å². The first kappa shape index (κ1) is 10.4. The predicted molar refractivity (Wildman–Crippen MR) is 58.0 cm³/mol. The van der Waals surface area contributed by atoms with Crippen LogP contribution in [0.2, 0.25) is 0 Å². The fraction of sp³-hybridized carbons (Fsp3) is 0.455. The van der Waals surface area contributed by atoms with Crippen molar-refractivity contribution in [3.63, 3.8) is 0 Å². The van der Waals surface area contributed by atoms with Gasteiger partial charge in [-0.1, -0.05) is 38.0 Å². The number of hydrogen-bond acceptors (Lipinski definition) is 1. The number of rotatable bonds is 5. The van der Waals surface area contributed by atoms with Gasteiger partial charge in [0.25, 0.3) is 0 Å². The minimum Gasteiger partial charge on any atom is -0.285 e. The molecule has 0 spiro atoms. The van der Waals surface area contributed by atoms with Crippen LogP contribution >= 0.6 is 11.8 Å². The Morgan fingerprint density at radius 2 is 2.23 bits per heavy atom. The molecular weight excluding hydrogens is 182 g/mol. The van der Waals surface area contributed by atoms with Gasteiger partial charge >= 0.3 is 0 Å². The number of hydrogen-bond donors (Lipinski definition) is 0. The second-order valence-electron chi connectivity index (χ2n) is 3.04. The second kappa shape index (κ2) is 5.87. The Balaban J connectivity index is 2.35. The van der Waals surface area contributed by atoms with E-state index in [2.05, 4.69) is 13.0 Å². The summed E-state index contributed by atoms with van der Waals surface area (Å²) < 4.78 is 1.73. The van der Waals surface area contributed by atoms with Crippen LogP contribution < -0.4 is 4.42 Å². The average Bonchev–Trinajstić information content (AvgIpc) is 2.19. The summed E-state index contributed by atoms with van der Waals surface area (Å²) in [5.74, 6) is 0. The molecule has 0 aliphatic heterocycles. The Morgan fingerprint density at radius 3 is 2.85 bits per heavy atom. The molecule has 0 aromatic heterocycles. The maximum absolute atomic E-state index is 6.04. The van der Waals surface area contributed by atoms with Gasteiger partial charge in [-0.3, -0.25) is 4.42 Å². The van der Waals surface area contributed by atoms with Gasteiger partial charge in [-0.15, -0.1) is 0 Å². The molecular formula is C11H15ClN. The monoisotopic (exact) mass is 196 g/mol. The molecule has 0 atom stereocenters. The van der Waals surface area contributed by atoms with E-state index in [4.69, 9.17) is 11.8 Å². The summed E-state index contributed by atoms with van der Waals surface area (Å²) >= 11 is 6.04. The zero-order valence-electron chi connectivity index (χ0n) is 7.96. The molecule has 1 rings (SSSR count). The van der Waals surface area contributed by atoms with Crippen molar-refractivity contribution in [1.82, 2.24) is 0 Å². The standard InChI is InChI=1S/C11H15ClN/c1-2-3-7-10-13(12)11-8-5-4-6-9-11/h4-6,8H,2-3,7,10H2,1H3. The van der Waals surface area contributed by atoms with Gasteiger partial charge in [-0.2, -0.15) is 0 Å². The highest BCUT2D eigenvalue weighted by molar-refractivity contribution is 6.25. The first-order valence-electron chi connectivity index (χ1n) is 4.74. The third kappa shape index (κ3) is 3.69. The van der Waals surface area contributed by atoms with E-state index in [9.17, 15) is 0 Å². The average molecular weight is 197 g/mol.